The molecule has 3 N–H and O–H groups in total. The highest BCUT2D eigenvalue weighted by Crippen LogP contribution is 2.40. The van der Waals surface area contributed by atoms with E-state index >= 15 is 0 Å². The van der Waals surface area contributed by atoms with Crippen LogP contribution in [0.5, 0.6) is 0 Å². The Bertz CT molecular complexity index is 840. The summed E-state index contributed by atoms with van der Waals surface area (Å²) >= 11 is 5.93. The fourth-order valence-corrected chi connectivity index (χ4v) is 3.01. The van der Waals surface area contributed by atoms with Crippen LogP contribution in [0.1, 0.15) is 25.8 Å². The van der Waals surface area contributed by atoms with E-state index in [1.807, 2.05) is 13.8 Å². The number of anilines is 2. The molecule has 2 atom stereocenters. The summed E-state index contributed by atoms with van der Waals surface area (Å²) in [5.74, 6) is -0.663. The van der Waals surface area contributed by atoms with E-state index in [9.17, 15) is 14.7 Å². The first-order chi connectivity index (χ1) is 12.4. The molecule has 0 aliphatic carbocycles. The number of hydrogen-bond donors (Lipinski definition) is 3. The zero-order valence-corrected chi connectivity index (χ0v) is 15.2. The fraction of sp³-hybridized carbons (Fsp3) is 0.263. The third kappa shape index (κ3) is 3.02. The lowest BCUT2D eigenvalue weighted by atomic mass is 9.94. The number of fused-ring (bicyclic) bond motifs is 1. The zero-order chi connectivity index (χ0) is 18.9. The average Bonchev–Trinajstić information content (AvgIpc) is 2.63. The monoisotopic (exact) mass is 373 g/mol. The number of halogens is 1. The molecule has 3 amide bonds. The van der Waals surface area contributed by atoms with Gasteiger partial charge in [0.05, 0.1) is 5.69 Å². The molecule has 7 heteroatoms. The van der Waals surface area contributed by atoms with Gasteiger partial charge in [0.2, 0.25) is 0 Å². The normalized spacial score (nSPS) is 20.2. The van der Waals surface area contributed by atoms with Gasteiger partial charge in [0.15, 0.2) is 0 Å². The Balaban J connectivity index is 2.16. The van der Waals surface area contributed by atoms with Crippen molar-refractivity contribution in [2.24, 2.45) is 0 Å². The van der Waals surface area contributed by atoms with Crippen molar-refractivity contribution in [1.29, 1.82) is 0 Å². The molecular formula is C19H20ClN3O3. The molecule has 0 saturated heterocycles. The van der Waals surface area contributed by atoms with Crippen molar-refractivity contribution in [3.05, 3.63) is 59.1 Å². The van der Waals surface area contributed by atoms with Crippen molar-refractivity contribution >= 4 is 34.9 Å². The van der Waals surface area contributed by atoms with Crippen LogP contribution < -0.4 is 15.5 Å². The minimum absolute atomic E-state index is 0.157. The summed E-state index contributed by atoms with van der Waals surface area (Å²) in [6.45, 7) is 3.76. The summed E-state index contributed by atoms with van der Waals surface area (Å²) in [5.41, 5.74) is -1.14. The second kappa shape index (κ2) is 6.97. The molecular weight excluding hydrogens is 354 g/mol. The van der Waals surface area contributed by atoms with Crippen molar-refractivity contribution in [2.45, 2.75) is 32.0 Å². The number of para-hydroxylation sites is 1. The summed E-state index contributed by atoms with van der Waals surface area (Å²) in [7, 11) is 0. The minimum Gasteiger partial charge on any atom is -0.359 e. The van der Waals surface area contributed by atoms with Crippen molar-refractivity contribution in [1.82, 2.24) is 5.32 Å². The molecule has 0 saturated carbocycles. The van der Waals surface area contributed by atoms with Crippen molar-refractivity contribution in [2.75, 3.05) is 10.2 Å². The van der Waals surface area contributed by atoms with E-state index in [2.05, 4.69) is 10.6 Å². The summed E-state index contributed by atoms with van der Waals surface area (Å²) in [6.07, 6.45) is 0.691. The first-order valence-corrected chi connectivity index (χ1v) is 8.75. The molecule has 2 aromatic rings. The molecule has 26 heavy (non-hydrogen) atoms. The SMILES string of the molecule is CCC(C)NC(=O)C1(O)c2ccccc2NC(=O)N1c1ccc(Cl)cc1. The van der Waals surface area contributed by atoms with Crippen LogP contribution in [0.3, 0.4) is 0 Å². The van der Waals surface area contributed by atoms with Crippen LogP contribution in [0, 0.1) is 0 Å². The van der Waals surface area contributed by atoms with Crippen molar-refractivity contribution < 1.29 is 14.7 Å². The van der Waals surface area contributed by atoms with Crippen molar-refractivity contribution in [3.8, 4) is 0 Å². The fourth-order valence-electron chi connectivity index (χ4n) is 2.88. The summed E-state index contributed by atoms with van der Waals surface area (Å²) in [6, 6.07) is 12.3. The Morgan fingerprint density at radius 1 is 1.27 bits per heavy atom. The minimum atomic E-state index is -2.18. The molecule has 1 aliphatic heterocycles. The average molecular weight is 374 g/mol. The molecule has 1 heterocycles. The molecule has 2 aromatic carbocycles. The van der Waals surface area contributed by atoms with Crippen molar-refractivity contribution in [3.63, 3.8) is 0 Å². The Morgan fingerprint density at radius 2 is 1.92 bits per heavy atom. The van der Waals surface area contributed by atoms with Crippen LogP contribution in [-0.2, 0) is 10.5 Å². The van der Waals surface area contributed by atoms with E-state index in [0.717, 1.165) is 4.90 Å². The number of urea groups is 1. The van der Waals surface area contributed by atoms with Gasteiger partial charge < -0.3 is 15.7 Å². The number of nitrogens with one attached hydrogen (secondary N) is 2. The number of benzene rings is 2. The standard InChI is InChI=1S/C19H20ClN3O3/c1-3-12(2)21-17(24)19(26)15-6-4-5-7-16(15)22-18(25)23(19)14-10-8-13(20)9-11-14/h4-12,26H,3H2,1-2H3,(H,21,24)(H,22,25). The Morgan fingerprint density at radius 3 is 2.58 bits per heavy atom. The van der Waals surface area contributed by atoms with Crippen LogP contribution in [0.25, 0.3) is 0 Å². The largest absolute Gasteiger partial charge is 0.359 e. The maximum Gasteiger partial charge on any atom is 0.329 e. The molecule has 0 spiro atoms. The molecule has 136 valence electrons. The predicted molar refractivity (Wildman–Crippen MR) is 101 cm³/mol. The van der Waals surface area contributed by atoms with Gasteiger partial charge in [-0.1, -0.05) is 36.7 Å². The van der Waals surface area contributed by atoms with E-state index in [1.54, 1.807) is 48.5 Å². The van der Waals surface area contributed by atoms with Crippen LogP contribution >= 0.6 is 11.6 Å². The van der Waals surface area contributed by atoms with Crippen LogP contribution in [0.15, 0.2) is 48.5 Å². The van der Waals surface area contributed by atoms with E-state index in [-0.39, 0.29) is 6.04 Å². The second-order valence-electron chi connectivity index (χ2n) is 6.24. The Hall–Kier alpha value is -2.57. The second-order valence-corrected chi connectivity index (χ2v) is 6.68. The topological polar surface area (TPSA) is 81.7 Å². The lowest BCUT2D eigenvalue weighted by Gasteiger charge is -2.43. The third-order valence-electron chi connectivity index (χ3n) is 4.46. The molecule has 0 radical (unpaired) electrons. The van der Waals surface area contributed by atoms with Gasteiger partial charge >= 0.3 is 6.03 Å². The molecule has 6 nitrogen and oxygen atoms in total. The summed E-state index contributed by atoms with van der Waals surface area (Å²) in [4.78, 5) is 26.8. The van der Waals surface area contributed by atoms with Gasteiger partial charge in [-0.2, -0.15) is 0 Å². The van der Waals surface area contributed by atoms with Gasteiger partial charge in [-0.3, -0.25) is 9.69 Å². The van der Waals surface area contributed by atoms with Gasteiger partial charge in [-0.15, -0.1) is 0 Å². The highest BCUT2D eigenvalue weighted by molar-refractivity contribution is 6.30. The number of nitrogens with zero attached hydrogens (tertiary/aromatic N) is 1. The molecule has 2 unspecified atom stereocenters. The maximum atomic E-state index is 13.0. The Labute approximate surface area is 156 Å². The highest BCUT2D eigenvalue weighted by Gasteiger charge is 2.52. The number of hydrogen-bond acceptors (Lipinski definition) is 3. The van der Waals surface area contributed by atoms with Crippen LogP contribution in [-0.4, -0.2) is 23.1 Å². The molecule has 0 aromatic heterocycles. The highest BCUT2D eigenvalue weighted by atomic mass is 35.5. The number of carbonyl (C=O) groups is 2. The number of carbonyl (C=O) groups excluding carboxylic acids is 2. The summed E-state index contributed by atoms with van der Waals surface area (Å²) in [5, 5.41) is 17.5. The third-order valence-corrected chi connectivity index (χ3v) is 4.71. The van der Waals surface area contributed by atoms with Crippen LogP contribution in [0.2, 0.25) is 5.02 Å². The molecule has 3 rings (SSSR count). The zero-order valence-electron chi connectivity index (χ0n) is 14.5. The summed E-state index contributed by atoms with van der Waals surface area (Å²) < 4.78 is 0. The first-order valence-electron chi connectivity index (χ1n) is 8.37. The van der Waals surface area contributed by atoms with E-state index < -0.39 is 17.7 Å². The van der Waals surface area contributed by atoms with E-state index in [1.165, 1.54) is 0 Å². The Kier molecular flexibility index (Phi) is 4.89. The van der Waals surface area contributed by atoms with Gasteiger partial charge in [0.25, 0.3) is 11.6 Å². The van der Waals surface area contributed by atoms with Gasteiger partial charge in [0.1, 0.15) is 0 Å². The lowest BCUT2D eigenvalue weighted by molar-refractivity contribution is -0.140. The number of aliphatic hydroxyl groups is 1. The first kappa shape index (κ1) is 18.2. The smallest absolute Gasteiger partial charge is 0.329 e. The van der Waals surface area contributed by atoms with Gasteiger partial charge in [-0.05, 0) is 43.7 Å². The van der Waals surface area contributed by atoms with Gasteiger partial charge in [0, 0.05) is 22.3 Å². The number of rotatable bonds is 4. The predicted octanol–water partition coefficient (Wildman–Crippen LogP) is 3.45. The van der Waals surface area contributed by atoms with E-state index in [4.69, 9.17) is 11.6 Å². The van der Waals surface area contributed by atoms with Crippen LogP contribution in [0.4, 0.5) is 16.2 Å². The maximum absolute atomic E-state index is 13.0. The molecule has 1 aliphatic rings. The quantitative estimate of drug-likeness (QED) is 0.767. The van der Waals surface area contributed by atoms with Gasteiger partial charge in [-0.25, -0.2) is 4.79 Å². The van der Waals surface area contributed by atoms with E-state index in [0.29, 0.717) is 28.4 Å². The number of amides is 3. The molecule has 0 fully saturated rings. The molecule has 0 bridgehead atoms. The lowest BCUT2D eigenvalue weighted by Crippen LogP contribution is -2.63.